The number of hydrogen-bond donors (Lipinski definition) is 1. The van der Waals surface area contributed by atoms with Crippen LogP contribution in [0.15, 0.2) is 66.7 Å². The highest BCUT2D eigenvalue weighted by atomic mass is 16.5. The topological polar surface area (TPSA) is 46.5 Å². The quantitative estimate of drug-likeness (QED) is 0.708. The fourth-order valence-corrected chi connectivity index (χ4v) is 2.71. The Morgan fingerprint density at radius 1 is 1.00 bits per heavy atom. The lowest BCUT2D eigenvalue weighted by Crippen LogP contribution is -2.40. The highest BCUT2D eigenvalue weighted by Gasteiger charge is 2.33. The molecular weight excluding hydrogens is 300 g/mol. The van der Waals surface area contributed by atoms with E-state index in [0.717, 1.165) is 11.1 Å². The molecule has 0 radical (unpaired) electrons. The van der Waals surface area contributed by atoms with Gasteiger partial charge >= 0.3 is 5.97 Å². The summed E-state index contributed by atoms with van der Waals surface area (Å²) in [7, 11) is 0. The van der Waals surface area contributed by atoms with Gasteiger partial charge in [0.25, 0.3) is 0 Å². The summed E-state index contributed by atoms with van der Waals surface area (Å²) in [5.41, 5.74) is 1.02. The zero-order chi connectivity index (χ0) is 17.2. The number of hydrogen-bond acceptors (Lipinski definition) is 2. The lowest BCUT2D eigenvalue weighted by molar-refractivity contribution is -0.154. The van der Waals surface area contributed by atoms with Crippen molar-refractivity contribution in [3.05, 3.63) is 66.7 Å². The maximum Gasteiger partial charge on any atom is 0.347 e. The molecule has 0 spiro atoms. The molecule has 1 N–H and O–H groups in total. The molecule has 3 heteroatoms. The maximum atomic E-state index is 11.4. The van der Waals surface area contributed by atoms with Gasteiger partial charge in [0.1, 0.15) is 5.75 Å². The minimum Gasteiger partial charge on any atom is -0.478 e. The van der Waals surface area contributed by atoms with Gasteiger partial charge in [-0.15, -0.1) is 0 Å². The first-order valence-electron chi connectivity index (χ1n) is 8.04. The molecule has 122 valence electrons. The zero-order valence-corrected chi connectivity index (χ0v) is 13.8. The monoisotopic (exact) mass is 320 g/mol. The first kappa shape index (κ1) is 16.1. The van der Waals surface area contributed by atoms with Gasteiger partial charge in [0.15, 0.2) is 0 Å². The summed E-state index contributed by atoms with van der Waals surface area (Å²) in [5.74, 6) is -0.395. The van der Waals surface area contributed by atoms with E-state index in [0.29, 0.717) is 12.2 Å². The van der Waals surface area contributed by atoms with Gasteiger partial charge in [0.05, 0.1) is 0 Å². The standard InChI is InChI=1S/C21H20O3/c1-3-21(2,20(22)23)24-17-13-11-16(12-14-17)19-10-6-8-15-7-4-5-9-18(15)19/h4-14H,3H2,1-2H3,(H,22,23). The van der Waals surface area contributed by atoms with Gasteiger partial charge in [-0.3, -0.25) is 0 Å². The molecule has 3 aromatic rings. The van der Waals surface area contributed by atoms with E-state index < -0.39 is 11.6 Å². The molecule has 0 aliphatic heterocycles. The van der Waals surface area contributed by atoms with E-state index in [-0.39, 0.29) is 0 Å². The first-order valence-corrected chi connectivity index (χ1v) is 8.04. The number of ether oxygens (including phenoxy) is 1. The summed E-state index contributed by atoms with van der Waals surface area (Å²) in [6, 6.07) is 22.1. The zero-order valence-electron chi connectivity index (χ0n) is 13.8. The maximum absolute atomic E-state index is 11.4. The molecule has 0 fully saturated rings. The second-order valence-corrected chi connectivity index (χ2v) is 6.04. The minimum atomic E-state index is -1.21. The van der Waals surface area contributed by atoms with Crippen LogP contribution in [0.5, 0.6) is 5.75 Å². The van der Waals surface area contributed by atoms with Crippen LogP contribution in [0.1, 0.15) is 20.3 Å². The van der Waals surface area contributed by atoms with Crippen LogP contribution < -0.4 is 4.74 Å². The van der Waals surface area contributed by atoms with E-state index in [4.69, 9.17) is 4.74 Å². The second kappa shape index (κ2) is 6.36. The predicted molar refractivity (Wildman–Crippen MR) is 96.3 cm³/mol. The van der Waals surface area contributed by atoms with Crippen molar-refractivity contribution in [2.24, 2.45) is 0 Å². The van der Waals surface area contributed by atoms with Crippen molar-refractivity contribution in [1.29, 1.82) is 0 Å². The number of carboxylic acids is 1. The smallest absolute Gasteiger partial charge is 0.347 e. The summed E-state index contributed by atoms with van der Waals surface area (Å²) in [6.45, 7) is 3.40. The Labute approximate surface area is 141 Å². The Hall–Kier alpha value is -2.81. The molecule has 0 aliphatic rings. The van der Waals surface area contributed by atoms with Crippen molar-refractivity contribution >= 4 is 16.7 Å². The molecule has 0 amide bonds. The second-order valence-electron chi connectivity index (χ2n) is 6.04. The van der Waals surface area contributed by atoms with Gasteiger partial charge in [-0.25, -0.2) is 4.79 Å². The lowest BCUT2D eigenvalue weighted by Gasteiger charge is -2.24. The SMILES string of the molecule is CCC(C)(Oc1ccc(-c2cccc3ccccc23)cc1)C(=O)O. The molecule has 0 saturated heterocycles. The normalized spacial score (nSPS) is 13.4. The lowest BCUT2D eigenvalue weighted by atomic mass is 9.98. The number of carboxylic acid groups (broad SMARTS) is 1. The van der Waals surface area contributed by atoms with Crippen molar-refractivity contribution in [1.82, 2.24) is 0 Å². The minimum absolute atomic E-state index is 0.396. The fourth-order valence-electron chi connectivity index (χ4n) is 2.71. The molecule has 0 heterocycles. The molecular formula is C21H20O3. The van der Waals surface area contributed by atoms with Gasteiger partial charge in [-0.2, -0.15) is 0 Å². The van der Waals surface area contributed by atoms with Crippen molar-refractivity contribution in [3.63, 3.8) is 0 Å². The van der Waals surface area contributed by atoms with Crippen LogP contribution in [0.4, 0.5) is 0 Å². The summed E-state index contributed by atoms with van der Waals surface area (Å²) in [6.07, 6.45) is 0.396. The number of fused-ring (bicyclic) bond motifs is 1. The molecule has 3 aromatic carbocycles. The van der Waals surface area contributed by atoms with E-state index in [2.05, 4.69) is 24.3 Å². The van der Waals surface area contributed by atoms with Crippen LogP contribution in [0.2, 0.25) is 0 Å². The van der Waals surface area contributed by atoms with Crippen molar-refractivity contribution in [3.8, 4) is 16.9 Å². The summed E-state index contributed by atoms with van der Waals surface area (Å²) < 4.78 is 5.69. The van der Waals surface area contributed by atoms with Crippen LogP contribution in [0, 0.1) is 0 Å². The van der Waals surface area contributed by atoms with Crippen LogP contribution in [0.25, 0.3) is 21.9 Å². The van der Waals surface area contributed by atoms with Gasteiger partial charge < -0.3 is 9.84 Å². The van der Waals surface area contributed by atoms with Gasteiger partial charge in [-0.1, -0.05) is 61.5 Å². The molecule has 3 nitrogen and oxygen atoms in total. The van der Waals surface area contributed by atoms with E-state index >= 15 is 0 Å². The Morgan fingerprint density at radius 3 is 2.33 bits per heavy atom. The van der Waals surface area contributed by atoms with Crippen LogP contribution in [-0.2, 0) is 4.79 Å². The largest absolute Gasteiger partial charge is 0.478 e. The molecule has 0 aliphatic carbocycles. The van der Waals surface area contributed by atoms with E-state index in [1.165, 1.54) is 10.8 Å². The van der Waals surface area contributed by atoms with Crippen LogP contribution in [-0.4, -0.2) is 16.7 Å². The van der Waals surface area contributed by atoms with E-state index in [1.54, 1.807) is 13.8 Å². The molecule has 1 atom stereocenters. The number of carbonyl (C=O) groups is 1. The number of rotatable bonds is 5. The average molecular weight is 320 g/mol. The van der Waals surface area contributed by atoms with Gasteiger partial charge in [0.2, 0.25) is 5.60 Å². The highest BCUT2D eigenvalue weighted by Crippen LogP contribution is 2.30. The van der Waals surface area contributed by atoms with Crippen LogP contribution in [0.3, 0.4) is 0 Å². The summed E-state index contributed by atoms with van der Waals surface area (Å²) in [5, 5.41) is 11.7. The van der Waals surface area contributed by atoms with Gasteiger partial charge in [0, 0.05) is 0 Å². The Morgan fingerprint density at radius 2 is 1.67 bits per heavy atom. The van der Waals surface area contributed by atoms with E-state index in [9.17, 15) is 9.90 Å². The molecule has 3 rings (SSSR count). The van der Waals surface area contributed by atoms with Crippen molar-refractivity contribution < 1.29 is 14.6 Å². The number of aliphatic carboxylic acids is 1. The molecule has 24 heavy (non-hydrogen) atoms. The Bertz CT molecular complexity index is 862. The molecule has 1 unspecified atom stereocenters. The van der Waals surface area contributed by atoms with E-state index in [1.807, 2.05) is 42.5 Å². The molecule has 0 bridgehead atoms. The van der Waals surface area contributed by atoms with Crippen molar-refractivity contribution in [2.45, 2.75) is 25.9 Å². The Balaban J connectivity index is 1.93. The first-order chi connectivity index (χ1) is 11.5. The third kappa shape index (κ3) is 2.98. The predicted octanol–water partition coefficient (Wildman–Crippen LogP) is 5.14. The van der Waals surface area contributed by atoms with Crippen LogP contribution >= 0.6 is 0 Å². The molecule has 0 aromatic heterocycles. The van der Waals surface area contributed by atoms with Gasteiger partial charge in [-0.05, 0) is 47.4 Å². The average Bonchev–Trinajstić information content (AvgIpc) is 2.61. The third-order valence-corrected chi connectivity index (χ3v) is 4.43. The highest BCUT2D eigenvalue weighted by molar-refractivity contribution is 5.96. The summed E-state index contributed by atoms with van der Waals surface area (Å²) >= 11 is 0. The van der Waals surface area contributed by atoms with Crippen molar-refractivity contribution in [2.75, 3.05) is 0 Å². The fraction of sp³-hybridized carbons (Fsp3) is 0.190. The summed E-state index contributed by atoms with van der Waals surface area (Å²) in [4.78, 5) is 11.4. The number of benzene rings is 3. The molecule has 0 saturated carbocycles. The Kier molecular flexibility index (Phi) is 4.26. The third-order valence-electron chi connectivity index (χ3n) is 4.43.